The van der Waals surface area contributed by atoms with Gasteiger partial charge in [-0.25, -0.2) is 4.79 Å². The predicted molar refractivity (Wildman–Crippen MR) is 72.6 cm³/mol. The van der Waals surface area contributed by atoms with Gasteiger partial charge in [0.25, 0.3) is 5.69 Å². The molecule has 1 amide bonds. The Hall–Kier alpha value is -2.44. The second-order valence-electron chi connectivity index (χ2n) is 4.13. The van der Waals surface area contributed by atoms with Crippen LogP contribution in [0.5, 0.6) is 0 Å². The van der Waals surface area contributed by atoms with Gasteiger partial charge in [-0.1, -0.05) is 13.3 Å². The summed E-state index contributed by atoms with van der Waals surface area (Å²) in [6.07, 6.45) is 1.81. The highest BCUT2D eigenvalue weighted by Crippen LogP contribution is 2.26. The normalized spacial score (nSPS) is 9.90. The standard InChI is InChI=1S/C13H16N2O5/c1-3-4-5-12(16)14-10-8-9(13(17)20-2)6-7-11(10)15(18)19/h6-8H,3-5H2,1-2H3,(H,14,16). The highest BCUT2D eigenvalue weighted by molar-refractivity contribution is 5.96. The molecule has 7 nitrogen and oxygen atoms in total. The van der Waals surface area contributed by atoms with E-state index in [2.05, 4.69) is 10.1 Å². The lowest BCUT2D eigenvalue weighted by atomic mass is 10.1. The third kappa shape index (κ3) is 4.04. The van der Waals surface area contributed by atoms with Crippen molar-refractivity contribution in [3.8, 4) is 0 Å². The molecule has 1 rings (SSSR count). The molecular formula is C13H16N2O5. The number of esters is 1. The number of methoxy groups -OCH3 is 1. The topological polar surface area (TPSA) is 98.5 Å². The summed E-state index contributed by atoms with van der Waals surface area (Å²) in [7, 11) is 1.21. The average Bonchev–Trinajstić information content (AvgIpc) is 2.43. The molecule has 0 aliphatic rings. The van der Waals surface area contributed by atoms with Crippen LogP contribution >= 0.6 is 0 Å². The SMILES string of the molecule is CCCCC(=O)Nc1cc(C(=O)OC)ccc1[N+](=O)[O-]. The maximum absolute atomic E-state index is 11.6. The molecule has 1 aromatic carbocycles. The zero-order valence-corrected chi connectivity index (χ0v) is 11.3. The molecule has 0 radical (unpaired) electrons. The fourth-order valence-corrected chi connectivity index (χ4v) is 1.59. The van der Waals surface area contributed by atoms with Gasteiger partial charge in [0.05, 0.1) is 17.6 Å². The van der Waals surface area contributed by atoms with Gasteiger partial charge in [0.15, 0.2) is 0 Å². The third-order valence-electron chi connectivity index (χ3n) is 2.65. The first-order valence-corrected chi connectivity index (χ1v) is 6.16. The number of nitrogens with zero attached hydrogens (tertiary/aromatic N) is 1. The number of nitro benzene ring substituents is 1. The van der Waals surface area contributed by atoms with Crippen LogP contribution in [0.25, 0.3) is 0 Å². The highest BCUT2D eigenvalue weighted by atomic mass is 16.6. The van der Waals surface area contributed by atoms with Gasteiger partial charge >= 0.3 is 5.97 Å². The van der Waals surface area contributed by atoms with Crippen molar-refractivity contribution in [3.63, 3.8) is 0 Å². The first-order valence-electron chi connectivity index (χ1n) is 6.16. The fraction of sp³-hybridized carbons (Fsp3) is 0.385. The number of rotatable bonds is 6. The summed E-state index contributed by atoms with van der Waals surface area (Å²) in [5, 5.41) is 13.4. The van der Waals surface area contributed by atoms with Crippen molar-refractivity contribution in [2.45, 2.75) is 26.2 Å². The summed E-state index contributed by atoms with van der Waals surface area (Å²) in [5.41, 5.74) is -0.120. The zero-order chi connectivity index (χ0) is 15.1. The largest absolute Gasteiger partial charge is 0.465 e. The number of nitro groups is 1. The molecule has 1 aromatic rings. The van der Waals surface area contributed by atoms with Crippen LogP contribution in [0.3, 0.4) is 0 Å². The van der Waals surface area contributed by atoms with Gasteiger partial charge in [-0.3, -0.25) is 14.9 Å². The second-order valence-corrected chi connectivity index (χ2v) is 4.13. The molecule has 0 heterocycles. The number of benzene rings is 1. The number of unbranched alkanes of at least 4 members (excludes halogenated alkanes) is 1. The van der Waals surface area contributed by atoms with Gasteiger partial charge in [0, 0.05) is 12.5 Å². The van der Waals surface area contributed by atoms with Crippen molar-refractivity contribution in [2.75, 3.05) is 12.4 Å². The number of carbonyl (C=O) groups excluding carboxylic acids is 2. The molecule has 0 aromatic heterocycles. The molecule has 7 heteroatoms. The van der Waals surface area contributed by atoms with Gasteiger partial charge < -0.3 is 10.1 Å². The lowest BCUT2D eigenvalue weighted by molar-refractivity contribution is -0.383. The minimum absolute atomic E-state index is 0.000923. The molecule has 0 fully saturated rings. The Morgan fingerprint density at radius 3 is 2.65 bits per heavy atom. The smallest absolute Gasteiger partial charge is 0.337 e. The molecule has 0 saturated carbocycles. The van der Waals surface area contributed by atoms with Crippen LogP contribution in [0.1, 0.15) is 36.5 Å². The summed E-state index contributed by atoms with van der Waals surface area (Å²) >= 11 is 0. The first kappa shape index (κ1) is 15.6. The lowest BCUT2D eigenvalue weighted by Crippen LogP contribution is -2.13. The molecule has 0 spiro atoms. The van der Waals surface area contributed by atoms with E-state index in [0.717, 1.165) is 6.42 Å². The Balaban J connectivity index is 3.03. The number of hydrogen-bond donors (Lipinski definition) is 1. The fourth-order valence-electron chi connectivity index (χ4n) is 1.59. The van der Waals surface area contributed by atoms with Gasteiger partial charge in [-0.05, 0) is 18.6 Å². The van der Waals surface area contributed by atoms with E-state index < -0.39 is 10.9 Å². The van der Waals surface area contributed by atoms with Crippen LogP contribution in [0.15, 0.2) is 18.2 Å². The Morgan fingerprint density at radius 1 is 1.40 bits per heavy atom. The molecule has 20 heavy (non-hydrogen) atoms. The second kappa shape index (κ2) is 7.22. The molecule has 0 aliphatic heterocycles. The van der Waals surface area contributed by atoms with Gasteiger partial charge in [0.1, 0.15) is 5.69 Å². The molecule has 0 atom stereocenters. The van der Waals surface area contributed by atoms with Crippen LogP contribution in [0.4, 0.5) is 11.4 Å². The minimum atomic E-state index is -0.621. The highest BCUT2D eigenvalue weighted by Gasteiger charge is 2.18. The minimum Gasteiger partial charge on any atom is -0.465 e. The maximum Gasteiger partial charge on any atom is 0.337 e. The number of ether oxygens (including phenoxy) is 1. The summed E-state index contributed by atoms with van der Waals surface area (Å²) in [4.78, 5) is 33.3. The predicted octanol–water partition coefficient (Wildman–Crippen LogP) is 2.51. The summed E-state index contributed by atoms with van der Waals surface area (Å²) in [5.74, 6) is -0.944. The van der Waals surface area contributed by atoms with E-state index in [1.807, 2.05) is 6.92 Å². The molecule has 0 aliphatic carbocycles. The van der Waals surface area contributed by atoms with Gasteiger partial charge in [-0.15, -0.1) is 0 Å². The van der Waals surface area contributed by atoms with Crippen LogP contribution in [0.2, 0.25) is 0 Å². The third-order valence-corrected chi connectivity index (χ3v) is 2.65. The number of carbonyl (C=O) groups is 2. The molecule has 1 N–H and O–H groups in total. The number of nitrogens with one attached hydrogen (secondary N) is 1. The van der Waals surface area contributed by atoms with E-state index in [1.54, 1.807) is 0 Å². The van der Waals surface area contributed by atoms with Crippen molar-refractivity contribution < 1.29 is 19.2 Å². The van der Waals surface area contributed by atoms with E-state index in [9.17, 15) is 19.7 Å². The van der Waals surface area contributed by atoms with Crippen LogP contribution < -0.4 is 5.32 Å². The Labute approximate surface area is 116 Å². The number of hydrogen-bond acceptors (Lipinski definition) is 5. The Kier molecular flexibility index (Phi) is 5.64. The van der Waals surface area contributed by atoms with Gasteiger partial charge in [0.2, 0.25) is 5.91 Å². The van der Waals surface area contributed by atoms with Crippen molar-refractivity contribution in [3.05, 3.63) is 33.9 Å². The zero-order valence-electron chi connectivity index (χ0n) is 11.3. The lowest BCUT2D eigenvalue weighted by Gasteiger charge is -2.07. The van der Waals surface area contributed by atoms with Crippen molar-refractivity contribution in [1.82, 2.24) is 0 Å². The van der Waals surface area contributed by atoms with Crippen molar-refractivity contribution >= 4 is 23.3 Å². The summed E-state index contributed by atoms with van der Waals surface area (Å²) < 4.78 is 4.54. The number of amides is 1. The molecule has 108 valence electrons. The van der Waals surface area contributed by atoms with Crippen LogP contribution in [-0.2, 0) is 9.53 Å². The van der Waals surface area contributed by atoms with Crippen molar-refractivity contribution in [2.24, 2.45) is 0 Å². The molecule has 0 unspecified atom stereocenters. The average molecular weight is 280 g/mol. The maximum atomic E-state index is 11.6. The van der Waals surface area contributed by atoms with E-state index in [-0.39, 0.29) is 29.3 Å². The quantitative estimate of drug-likeness (QED) is 0.490. The monoisotopic (exact) mass is 280 g/mol. The van der Waals surface area contributed by atoms with E-state index in [1.165, 1.54) is 25.3 Å². The van der Waals surface area contributed by atoms with E-state index >= 15 is 0 Å². The molecule has 0 bridgehead atoms. The van der Waals surface area contributed by atoms with E-state index in [0.29, 0.717) is 6.42 Å². The number of anilines is 1. The Morgan fingerprint density at radius 2 is 2.10 bits per heavy atom. The summed E-state index contributed by atoms with van der Waals surface area (Å²) in [6.45, 7) is 1.94. The van der Waals surface area contributed by atoms with E-state index in [4.69, 9.17) is 0 Å². The van der Waals surface area contributed by atoms with Gasteiger partial charge in [-0.2, -0.15) is 0 Å². The molecule has 0 saturated heterocycles. The molecular weight excluding hydrogens is 264 g/mol. The summed E-state index contributed by atoms with van der Waals surface area (Å²) in [6, 6.07) is 3.70. The Bertz CT molecular complexity index is 527. The van der Waals surface area contributed by atoms with Crippen LogP contribution in [-0.4, -0.2) is 23.9 Å². The van der Waals surface area contributed by atoms with Crippen LogP contribution in [0, 0.1) is 10.1 Å². The first-order chi connectivity index (χ1) is 9.49. The van der Waals surface area contributed by atoms with Crippen molar-refractivity contribution in [1.29, 1.82) is 0 Å².